The Hall–Kier alpha value is -0.0600. The molecule has 0 aliphatic carbocycles. The van der Waals surface area contributed by atoms with Crippen molar-refractivity contribution in [3.05, 3.63) is 0 Å². The van der Waals surface area contributed by atoms with Crippen molar-refractivity contribution in [1.82, 2.24) is 3.71 Å². The van der Waals surface area contributed by atoms with E-state index in [4.69, 9.17) is 34.8 Å². The van der Waals surface area contributed by atoms with Crippen LogP contribution in [0.25, 0.3) is 0 Å². The summed E-state index contributed by atoms with van der Waals surface area (Å²) in [5, 5.41) is -7.72. The predicted molar refractivity (Wildman–Crippen MR) is 94.5 cm³/mol. The molecule has 25 heteroatoms. The summed E-state index contributed by atoms with van der Waals surface area (Å²) in [5.41, 5.74) is 0. The first-order valence-corrected chi connectivity index (χ1v) is 11.5. The summed E-state index contributed by atoms with van der Waals surface area (Å²) in [5.74, 6) is -52.1. The molecule has 0 heterocycles. The Morgan fingerprint density at radius 1 is 0.595 bits per heavy atom. The summed E-state index contributed by atoms with van der Waals surface area (Å²) in [4.78, 5) is 0. The minimum Gasteiger partial charge on any atom is -0.205 e. The summed E-state index contributed by atoms with van der Waals surface area (Å²) in [7, 11) is -7.54. The van der Waals surface area contributed by atoms with Gasteiger partial charge in [-0.25, -0.2) is 8.42 Å². The van der Waals surface area contributed by atoms with E-state index < -0.39 is 88.7 Å². The van der Waals surface area contributed by atoms with Crippen molar-refractivity contribution in [3.8, 4) is 0 Å². The van der Waals surface area contributed by atoms with Crippen LogP contribution in [-0.2, 0) is 10.0 Å². The van der Waals surface area contributed by atoms with E-state index in [1.807, 2.05) is 0 Å². The van der Waals surface area contributed by atoms with E-state index in [9.17, 15) is 83.1 Å². The highest BCUT2D eigenvalue weighted by atomic mass is 35.6. The van der Waals surface area contributed by atoms with E-state index >= 15 is 0 Å². The zero-order valence-corrected chi connectivity index (χ0v) is 20.5. The SMILES string of the molecule is CCCN(SC(Cl)(Cl)Cl)S(=O)(=O)C(F)(F)C(F)(F)C(F)(F)C(F)(F)C(F)(F)C(F)(F)C(F)(F)C(F)(F)F. The van der Waals surface area contributed by atoms with Crippen molar-refractivity contribution < 1.29 is 83.1 Å². The third kappa shape index (κ3) is 5.61. The molecule has 0 atom stereocenters. The maximum atomic E-state index is 14.2. The first-order chi connectivity index (χ1) is 15.7. The Labute approximate surface area is 213 Å². The molecule has 0 radical (unpaired) electrons. The molecular weight excluding hydrogens is 684 g/mol. The average molecular weight is 691 g/mol. The molecule has 0 aromatic rings. The fraction of sp³-hybridized carbons (Fsp3) is 1.00. The van der Waals surface area contributed by atoms with Crippen molar-refractivity contribution in [2.75, 3.05) is 6.54 Å². The zero-order valence-electron chi connectivity index (χ0n) is 16.6. The summed E-state index contributed by atoms with van der Waals surface area (Å²) >= 11 is 14.1. The molecule has 3 nitrogen and oxygen atoms in total. The van der Waals surface area contributed by atoms with Crippen LogP contribution in [0.4, 0.5) is 74.6 Å². The molecule has 0 rings (SSSR count). The zero-order chi connectivity index (χ0) is 30.7. The number of halogens is 20. The first-order valence-electron chi connectivity index (χ1n) is 8.16. The average Bonchev–Trinajstić information content (AvgIpc) is 2.64. The quantitative estimate of drug-likeness (QED) is 0.126. The Morgan fingerprint density at radius 2 is 0.892 bits per heavy atom. The molecule has 0 bridgehead atoms. The normalized spacial score (nSPS) is 16.5. The third-order valence-corrected chi connectivity index (χ3v) is 7.55. The van der Waals surface area contributed by atoms with Gasteiger partial charge in [-0.3, -0.25) is 0 Å². The van der Waals surface area contributed by atoms with Crippen molar-refractivity contribution in [3.63, 3.8) is 0 Å². The van der Waals surface area contributed by atoms with Gasteiger partial charge >= 0.3 is 47.0 Å². The summed E-state index contributed by atoms with van der Waals surface area (Å²) in [6.45, 7) is -0.593. The number of hydrogen-bond donors (Lipinski definition) is 0. The molecule has 0 aliphatic heterocycles. The molecule has 0 spiro atoms. The second-order valence-electron chi connectivity index (χ2n) is 6.53. The standard InChI is InChI=1S/C12H7Cl3F17NO2S2/c1-2-3-33(36-12(13,14)15)37(34,35)11(31,32)9(26,27)7(22,23)5(18,19)4(16,17)6(20,21)8(24,25)10(28,29)30/h2-3H2,1H3. The first kappa shape index (κ1) is 36.9. The molecule has 0 amide bonds. The van der Waals surface area contributed by atoms with Gasteiger partial charge in [-0.15, -0.1) is 3.71 Å². The van der Waals surface area contributed by atoms with Gasteiger partial charge in [0.1, 0.15) is 0 Å². The van der Waals surface area contributed by atoms with Gasteiger partial charge in [-0.1, -0.05) is 41.7 Å². The van der Waals surface area contributed by atoms with Crippen molar-refractivity contribution >= 4 is 56.8 Å². The highest BCUT2D eigenvalue weighted by Gasteiger charge is 2.96. The number of sulfonamides is 1. The Kier molecular flexibility index (Phi) is 10.1. The molecule has 0 aliphatic rings. The van der Waals surface area contributed by atoms with Crippen LogP contribution in [0.1, 0.15) is 13.3 Å². The van der Waals surface area contributed by atoms with Crippen molar-refractivity contribution in [1.29, 1.82) is 0 Å². The Bertz CT molecular complexity index is 933. The van der Waals surface area contributed by atoms with Crippen molar-refractivity contribution in [2.24, 2.45) is 0 Å². The number of rotatable bonds is 11. The summed E-state index contributed by atoms with van der Waals surface area (Å²) in [6.07, 6.45) is -8.62. The molecule has 0 saturated heterocycles. The lowest BCUT2D eigenvalue weighted by molar-refractivity contribution is -0.458. The fourth-order valence-electron chi connectivity index (χ4n) is 1.95. The van der Waals surface area contributed by atoms with E-state index in [-0.39, 0.29) is 0 Å². The van der Waals surface area contributed by atoms with Crippen LogP contribution in [-0.4, -0.2) is 68.8 Å². The van der Waals surface area contributed by atoms with Crippen LogP contribution in [0.15, 0.2) is 0 Å². The lowest BCUT2D eigenvalue weighted by atomic mass is 9.91. The van der Waals surface area contributed by atoms with E-state index in [2.05, 4.69) is 0 Å². The minimum atomic E-state index is -8.92. The van der Waals surface area contributed by atoms with Gasteiger partial charge in [-0.05, 0) is 18.4 Å². The van der Waals surface area contributed by atoms with Gasteiger partial charge in [0.25, 0.3) is 13.1 Å². The van der Waals surface area contributed by atoms with Gasteiger partial charge in [0.15, 0.2) is 0 Å². The molecule has 0 aromatic heterocycles. The third-order valence-electron chi connectivity index (χ3n) is 3.90. The fourth-order valence-corrected chi connectivity index (χ4v) is 5.71. The molecule has 224 valence electrons. The number of nitrogens with zero attached hydrogens (tertiary/aromatic N) is 1. The maximum Gasteiger partial charge on any atom is 0.460 e. The molecule has 0 aromatic carbocycles. The summed E-state index contributed by atoms with van der Waals surface area (Å²) in [6, 6.07) is 0. The minimum absolute atomic E-state index is 0.710. The smallest absolute Gasteiger partial charge is 0.205 e. The van der Waals surface area contributed by atoms with E-state index in [1.165, 1.54) is 0 Å². The largest absolute Gasteiger partial charge is 0.460 e. The van der Waals surface area contributed by atoms with E-state index in [1.54, 1.807) is 0 Å². The second-order valence-corrected chi connectivity index (χ2v) is 12.9. The number of hydrogen-bond acceptors (Lipinski definition) is 3. The monoisotopic (exact) mass is 689 g/mol. The van der Waals surface area contributed by atoms with Gasteiger partial charge in [-0.2, -0.15) is 74.6 Å². The molecular formula is C12H7Cl3F17NO2S2. The lowest BCUT2D eigenvalue weighted by Crippen LogP contribution is -2.75. The van der Waals surface area contributed by atoms with Crippen LogP contribution in [0, 0.1) is 0 Å². The Balaban J connectivity index is 7.09. The molecule has 0 fully saturated rings. The van der Waals surface area contributed by atoms with Gasteiger partial charge in [0.05, 0.1) is 0 Å². The van der Waals surface area contributed by atoms with Gasteiger partial charge < -0.3 is 0 Å². The number of alkyl halides is 20. The second kappa shape index (κ2) is 10.1. The van der Waals surface area contributed by atoms with E-state index in [0.717, 1.165) is 6.92 Å². The van der Waals surface area contributed by atoms with Crippen molar-refractivity contribution in [2.45, 2.75) is 63.4 Å². The molecule has 0 unspecified atom stereocenters. The maximum absolute atomic E-state index is 14.2. The van der Waals surface area contributed by atoms with Gasteiger partial charge in [0.2, 0.25) is 0 Å². The highest BCUT2D eigenvalue weighted by molar-refractivity contribution is 8.12. The molecule has 0 N–H and O–H groups in total. The lowest BCUT2D eigenvalue weighted by Gasteiger charge is -2.43. The van der Waals surface area contributed by atoms with Crippen LogP contribution in [0.5, 0.6) is 0 Å². The topological polar surface area (TPSA) is 37.4 Å². The van der Waals surface area contributed by atoms with Gasteiger partial charge in [0, 0.05) is 6.54 Å². The summed E-state index contributed by atoms with van der Waals surface area (Å²) < 4.78 is 246. The predicted octanol–water partition coefficient (Wildman–Crippen LogP) is 7.97. The van der Waals surface area contributed by atoms with Crippen LogP contribution in [0.2, 0.25) is 0 Å². The van der Waals surface area contributed by atoms with Crippen LogP contribution >= 0.6 is 46.8 Å². The highest BCUT2D eigenvalue weighted by Crippen LogP contribution is 2.64. The van der Waals surface area contributed by atoms with Crippen LogP contribution < -0.4 is 0 Å². The Morgan fingerprint density at radius 3 is 1.16 bits per heavy atom. The van der Waals surface area contributed by atoms with Crippen LogP contribution in [0.3, 0.4) is 0 Å². The van der Waals surface area contributed by atoms with E-state index in [0.29, 0.717) is 0 Å². The molecule has 37 heavy (non-hydrogen) atoms. The molecule has 0 saturated carbocycles.